The topological polar surface area (TPSA) is 108 Å². The lowest BCUT2D eigenvalue weighted by atomic mass is 10.0. The number of hydrogen-bond donors (Lipinski definition) is 3. The quantitative estimate of drug-likeness (QED) is 0.444. The molecule has 1 unspecified atom stereocenters. The van der Waals surface area contributed by atoms with Gasteiger partial charge in [-0.1, -0.05) is 48.9 Å². The van der Waals surface area contributed by atoms with Gasteiger partial charge in [0.05, 0.1) is 17.0 Å². The lowest BCUT2D eigenvalue weighted by molar-refractivity contribution is -0.131. The van der Waals surface area contributed by atoms with Crippen molar-refractivity contribution in [1.82, 2.24) is 14.9 Å². The molecule has 1 atom stereocenters. The van der Waals surface area contributed by atoms with E-state index >= 15 is 0 Å². The number of carbonyl (C=O) groups is 2. The van der Waals surface area contributed by atoms with Crippen LogP contribution in [0.2, 0.25) is 0 Å². The maximum atomic E-state index is 14.3. The Morgan fingerprint density at radius 1 is 0.868 bits per heavy atom. The molecular weight excluding hydrogens is 500 g/mol. The molecule has 0 saturated carbocycles. The van der Waals surface area contributed by atoms with Gasteiger partial charge in [-0.05, 0) is 76.0 Å². The number of piperidine rings is 2. The fraction of sp³-hybridized carbons (Fsp3) is 0.379. The van der Waals surface area contributed by atoms with Crippen LogP contribution in [-0.2, 0) is 14.8 Å². The van der Waals surface area contributed by atoms with Gasteiger partial charge in [-0.25, -0.2) is 12.7 Å². The van der Waals surface area contributed by atoms with Crippen LogP contribution in [0, 0.1) is 6.92 Å². The molecule has 2 aliphatic heterocycles. The number of nitrogens with zero attached hydrogens (tertiary/aromatic N) is 1. The lowest BCUT2D eigenvalue weighted by Crippen LogP contribution is -2.55. The van der Waals surface area contributed by atoms with Crippen molar-refractivity contribution in [2.24, 2.45) is 0 Å². The van der Waals surface area contributed by atoms with Crippen LogP contribution in [0.5, 0.6) is 0 Å². The van der Waals surface area contributed by atoms with Crippen molar-refractivity contribution in [3.63, 3.8) is 0 Å². The predicted molar refractivity (Wildman–Crippen MR) is 149 cm³/mol. The van der Waals surface area contributed by atoms with Crippen molar-refractivity contribution < 1.29 is 18.0 Å². The van der Waals surface area contributed by atoms with Crippen molar-refractivity contribution in [2.75, 3.05) is 25.0 Å². The van der Waals surface area contributed by atoms with Crippen molar-refractivity contribution in [2.45, 2.75) is 56.0 Å². The summed E-state index contributed by atoms with van der Waals surface area (Å²) in [5.41, 5.74) is 1.92. The van der Waals surface area contributed by atoms with Gasteiger partial charge in [-0.2, -0.15) is 0 Å². The van der Waals surface area contributed by atoms with E-state index in [9.17, 15) is 18.0 Å². The van der Waals surface area contributed by atoms with Gasteiger partial charge in [0.25, 0.3) is 21.8 Å². The smallest absolute Gasteiger partial charge is 0.267 e. The number of hydrogen-bond acceptors (Lipinski definition) is 6. The van der Waals surface area contributed by atoms with E-state index in [1.807, 2.05) is 31.2 Å². The highest BCUT2D eigenvalue weighted by Crippen LogP contribution is 2.34. The van der Waals surface area contributed by atoms with Gasteiger partial charge >= 0.3 is 0 Å². The predicted octanol–water partition coefficient (Wildman–Crippen LogP) is 3.81. The first-order chi connectivity index (χ1) is 18.4. The Morgan fingerprint density at radius 3 is 2.29 bits per heavy atom. The molecule has 200 valence electrons. The molecule has 0 spiro atoms. The molecule has 0 aliphatic carbocycles. The summed E-state index contributed by atoms with van der Waals surface area (Å²) < 4.78 is 29.8. The number of anilines is 1. The summed E-state index contributed by atoms with van der Waals surface area (Å²) in [5.74, 6) is -0.642. The van der Waals surface area contributed by atoms with Crippen LogP contribution in [0.15, 0.2) is 65.6 Å². The van der Waals surface area contributed by atoms with Gasteiger partial charge in [0.15, 0.2) is 0 Å². The van der Waals surface area contributed by atoms with Gasteiger partial charge in [-0.15, -0.1) is 0 Å². The van der Waals surface area contributed by atoms with E-state index in [0.29, 0.717) is 60.9 Å². The second-order valence-electron chi connectivity index (χ2n) is 10.0. The van der Waals surface area contributed by atoms with Gasteiger partial charge in [-0.3, -0.25) is 9.59 Å². The first-order valence-corrected chi connectivity index (χ1v) is 14.7. The molecule has 3 aromatic carbocycles. The Balaban J connectivity index is 1.55. The van der Waals surface area contributed by atoms with Crippen LogP contribution in [0.3, 0.4) is 0 Å². The van der Waals surface area contributed by atoms with Gasteiger partial charge < -0.3 is 16.0 Å². The van der Waals surface area contributed by atoms with E-state index in [1.54, 1.807) is 30.3 Å². The maximum Gasteiger partial charge on any atom is 0.267 e. The molecule has 5 rings (SSSR count). The maximum absolute atomic E-state index is 14.3. The van der Waals surface area contributed by atoms with Crippen LogP contribution in [0.4, 0.5) is 5.69 Å². The average molecular weight is 535 g/mol. The van der Waals surface area contributed by atoms with Crippen LogP contribution in [-0.4, -0.2) is 56.3 Å². The number of carbonyl (C=O) groups excluding carboxylic acids is 2. The van der Waals surface area contributed by atoms with E-state index in [1.165, 1.54) is 6.07 Å². The lowest BCUT2D eigenvalue weighted by Gasteiger charge is -2.37. The third kappa shape index (κ3) is 5.18. The summed E-state index contributed by atoms with van der Waals surface area (Å²) in [4.78, 5) is 26.9. The summed E-state index contributed by atoms with van der Waals surface area (Å²) >= 11 is 0. The Bertz CT molecular complexity index is 1440. The van der Waals surface area contributed by atoms with E-state index < -0.39 is 22.1 Å². The van der Waals surface area contributed by atoms with Crippen LogP contribution in [0.1, 0.15) is 48.0 Å². The Labute approximate surface area is 223 Å². The molecule has 2 heterocycles. The highest BCUT2D eigenvalue weighted by molar-refractivity contribution is 7.90. The molecule has 0 bridgehead atoms. The first kappa shape index (κ1) is 26.3. The second kappa shape index (κ2) is 11.2. The van der Waals surface area contributed by atoms with E-state index in [0.717, 1.165) is 22.7 Å². The number of benzene rings is 3. The highest BCUT2D eigenvalue weighted by atomic mass is 32.2. The largest absolute Gasteiger partial charge is 0.321 e. The summed E-state index contributed by atoms with van der Waals surface area (Å²) in [6.45, 7) is 3.89. The Hall–Kier alpha value is -3.27. The molecule has 0 radical (unpaired) electrons. The summed E-state index contributed by atoms with van der Waals surface area (Å²) in [7, 11) is -4.18. The fourth-order valence-electron chi connectivity index (χ4n) is 5.48. The molecule has 2 fully saturated rings. The number of amides is 2. The molecular formula is C29H34N4O4S. The van der Waals surface area contributed by atoms with Crippen molar-refractivity contribution >= 4 is 38.3 Å². The minimum atomic E-state index is -4.18. The number of aryl methyl sites for hydroxylation is 1. The normalized spacial score (nSPS) is 18.7. The monoisotopic (exact) mass is 534 g/mol. The zero-order valence-electron chi connectivity index (χ0n) is 21.6. The highest BCUT2D eigenvalue weighted by Gasteiger charge is 2.40. The standard InChI is InChI=1S/C29H34N4O4S/c1-20-8-2-3-9-22(20)28(34)32-25-13-14-27(24-11-5-4-10-23(24)25)38(36,37)33(21-15-18-30-19-16-21)29(35)26-12-6-7-17-31-26/h2-5,8-11,13-14,21,26,30-31H,6-7,12,15-19H2,1H3,(H,32,34). The van der Waals surface area contributed by atoms with Crippen LogP contribution in [0.25, 0.3) is 10.8 Å². The Morgan fingerprint density at radius 2 is 1.58 bits per heavy atom. The van der Waals surface area contributed by atoms with Crippen molar-refractivity contribution in [3.05, 3.63) is 71.8 Å². The van der Waals surface area contributed by atoms with Crippen LogP contribution >= 0.6 is 0 Å². The zero-order chi connectivity index (χ0) is 26.7. The molecule has 9 heteroatoms. The molecule has 0 aromatic heterocycles. The molecule has 2 saturated heterocycles. The minimum absolute atomic E-state index is 0.0738. The van der Waals surface area contributed by atoms with E-state index in [-0.39, 0.29) is 16.7 Å². The molecule has 3 aromatic rings. The van der Waals surface area contributed by atoms with Crippen molar-refractivity contribution in [3.8, 4) is 0 Å². The van der Waals surface area contributed by atoms with E-state index in [4.69, 9.17) is 0 Å². The average Bonchev–Trinajstić information content (AvgIpc) is 2.94. The molecule has 2 aliphatic rings. The summed E-state index contributed by atoms with van der Waals surface area (Å²) in [5, 5.41) is 10.5. The second-order valence-corrected chi connectivity index (χ2v) is 11.8. The third-order valence-corrected chi connectivity index (χ3v) is 9.43. The molecule has 2 amide bonds. The number of rotatable bonds is 6. The fourth-order valence-corrected chi connectivity index (χ4v) is 7.36. The molecule has 8 nitrogen and oxygen atoms in total. The summed E-state index contributed by atoms with van der Waals surface area (Å²) in [6.07, 6.45) is 3.63. The van der Waals surface area contributed by atoms with Crippen LogP contribution < -0.4 is 16.0 Å². The van der Waals surface area contributed by atoms with Gasteiger partial charge in [0.1, 0.15) is 0 Å². The molecule has 3 N–H and O–H groups in total. The number of fused-ring (bicyclic) bond motifs is 1. The van der Waals surface area contributed by atoms with E-state index in [2.05, 4.69) is 16.0 Å². The third-order valence-electron chi connectivity index (χ3n) is 7.52. The molecule has 38 heavy (non-hydrogen) atoms. The van der Waals surface area contributed by atoms with Gasteiger partial charge in [0.2, 0.25) is 0 Å². The van der Waals surface area contributed by atoms with Gasteiger partial charge in [0, 0.05) is 22.0 Å². The summed E-state index contributed by atoms with van der Waals surface area (Å²) in [6, 6.07) is 16.6. The zero-order valence-corrected chi connectivity index (χ0v) is 22.4. The first-order valence-electron chi connectivity index (χ1n) is 13.3. The minimum Gasteiger partial charge on any atom is -0.321 e. The van der Waals surface area contributed by atoms with Crippen molar-refractivity contribution in [1.29, 1.82) is 0 Å². The Kier molecular flexibility index (Phi) is 7.78. The SMILES string of the molecule is Cc1ccccc1C(=O)Nc1ccc(S(=O)(=O)N(C(=O)C2CCCCN2)C2CCNCC2)c2ccccc12. The number of nitrogens with one attached hydrogen (secondary N) is 3. The number of sulfonamides is 1.